The zero-order valence-electron chi connectivity index (χ0n) is 15.1. The van der Waals surface area contributed by atoms with Crippen LogP contribution in [0.3, 0.4) is 0 Å². The Bertz CT molecular complexity index is 354. The van der Waals surface area contributed by atoms with Crippen LogP contribution in [0.1, 0.15) is 70.6 Å². The molecular weight excluding hydrogens is 308 g/mol. The van der Waals surface area contributed by atoms with Crippen LogP contribution >= 0.6 is 0 Å². The van der Waals surface area contributed by atoms with Crippen LogP contribution < -0.4 is 0 Å². The van der Waals surface area contributed by atoms with Crippen molar-refractivity contribution in [1.29, 1.82) is 0 Å². The minimum atomic E-state index is -0.115. The second-order valence-electron chi connectivity index (χ2n) is 7.18. The monoisotopic (exact) mass is 342 g/mol. The molecule has 1 saturated carbocycles. The van der Waals surface area contributed by atoms with E-state index in [-0.39, 0.29) is 30.9 Å². The van der Waals surface area contributed by atoms with Gasteiger partial charge in [-0.25, -0.2) is 0 Å². The molecule has 1 N–H and O–H groups in total. The molecule has 2 aliphatic rings. The highest BCUT2D eigenvalue weighted by atomic mass is 16.7. The maximum atomic E-state index is 11.1. The van der Waals surface area contributed by atoms with Crippen LogP contribution in [0.5, 0.6) is 0 Å². The van der Waals surface area contributed by atoms with Crippen molar-refractivity contribution in [2.75, 3.05) is 20.3 Å². The summed E-state index contributed by atoms with van der Waals surface area (Å²) >= 11 is 0. The van der Waals surface area contributed by atoms with Gasteiger partial charge in [-0.3, -0.25) is 4.79 Å². The lowest BCUT2D eigenvalue weighted by Crippen LogP contribution is -2.32. The predicted molar refractivity (Wildman–Crippen MR) is 91.5 cm³/mol. The Labute approximate surface area is 146 Å². The summed E-state index contributed by atoms with van der Waals surface area (Å²) in [6.45, 7) is 1.01. The van der Waals surface area contributed by atoms with Gasteiger partial charge in [-0.05, 0) is 50.9 Å². The first-order chi connectivity index (χ1) is 11.7. The summed E-state index contributed by atoms with van der Waals surface area (Å²) in [6, 6.07) is 0. The molecule has 5 heteroatoms. The molecule has 4 atom stereocenters. The van der Waals surface area contributed by atoms with Crippen LogP contribution in [0.4, 0.5) is 0 Å². The summed E-state index contributed by atoms with van der Waals surface area (Å²) in [6.07, 6.45) is 11.5. The Morgan fingerprint density at radius 3 is 2.67 bits per heavy atom. The van der Waals surface area contributed by atoms with E-state index in [0.29, 0.717) is 12.3 Å². The maximum absolute atomic E-state index is 11.1. The second-order valence-corrected chi connectivity index (χ2v) is 7.18. The second kappa shape index (κ2) is 11.1. The van der Waals surface area contributed by atoms with E-state index in [4.69, 9.17) is 9.47 Å². The number of hydrogen-bond acceptors (Lipinski definition) is 5. The number of aliphatic hydroxyl groups is 1. The molecule has 0 aromatic rings. The van der Waals surface area contributed by atoms with Crippen molar-refractivity contribution in [1.82, 2.24) is 0 Å². The average molecular weight is 342 g/mol. The molecule has 1 unspecified atom stereocenters. The van der Waals surface area contributed by atoms with Crippen LogP contribution in [0, 0.1) is 11.8 Å². The molecule has 0 aromatic heterocycles. The SMILES string of the molecule is COC(=O)CCCCCC[C@H]1CC[C@@H](OC2CCCCO2)[C@@H]1CO. The van der Waals surface area contributed by atoms with Crippen LogP contribution in [0.15, 0.2) is 0 Å². The average Bonchev–Trinajstić information content (AvgIpc) is 3.00. The van der Waals surface area contributed by atoms with Crippen molar-refractivity contribution >= 4 is 5.97 Å². The van der Waals surface area contributed by atoms with Gasteiger partial charge in [0.2, 0.25) is 0 Å². The summed E-state index contributed by atoms with van der Waals surface area (Å²) in [5, 5.41) is 9.79. The summed E-state index contributed by atoms with van der Waals surface area (Å²) in [7, 11) is 1.44. The van der Waals surface area contributed by atoms with Gasteiger partial charge in [-0.1, -0.05) is 19.3 Å². The first kappa shape index (κ1) is 19.7. The van der Waals surface area contributed by atoms with Gasteiger partial charge in [0.05, 0.1) is 13.2 Å². The van der Waals surface area contributed by atoms with E-state index in [1.807, 2.05) is 0 Å². The zero-order valence-corrected chi connectivity index (χ0v) is 15.1. The molecule has 0 radical (unpaired) electrons. The van der Waals surface area contributed by atoms with E-state index in [1.54, 1.807) is 0 Å². The predicted octanol–water partition coefficient (Wildman–Crippen LogP) is 3.43. The Kier molecular flexibility index (Phi) is 9.07. The fourth-order valence-corrected chi connectivity index (χ4v) is 4.05. The van der Waals surface area contributed by atoms with Crippen molar-refractivity contribution in [2.45, 2.75) is 83.0 Å². The first-order valence-corrected chi connectivity index (χ1v) is 9.69. The number of carbonyl (C=O) groups is 1. The fourth-order valence-electron chi connectivity index (χ4n) is 4.05. The lowest BCUT2D eigenvalue weighted by Gasteiger charge is -2.29. The Morgan fingerprint density at radius 2 is 1.96 bits per heavy atom. The van der Waals surface area contributed by atoms with E-state index in [9.17, 15) is 9.90 Å². The molecule has 140 valence electrons. The number of esters is 1. The minimum Gasteiger partial charge on any atom is -0.469 e. The van der Waals surface area contributed by atoms with Gasteiger partial charge in [0.15, 0.2) is 6.29 Å². The van der Waals surface area contributed by atoms with Crippen LogP contribution in [-0.4, -0.2) is 43.8 Å². The van der Waals surface area contributed by atoms with Crippen LogP contribution in [0.2, 0.25) is 0 Å². The highest BCUT2D eigenvalue weighted by Gasteiger charge is 2.37. The molecule has 24 heavy (non-hydrogen) atoms. The Morgan fingerprint density at radius 1 is 1.12 bits per heavy atom. The van der Waals surface area contributed by atoms with Crippen LogP contribution in [0.25, 0.3) is 0 Å². The topological polar surface area (TPSA) is 65.0 Å². The normalized spacial score (nSPS) is 30.4. The molecule has 5 nitrogen and oxygen atoms in total. The third kappa shape index (κ3) is 6.34. The van der Waals surface area contributed by atoms with Gasteiger partial charge in [0.1, 0.15) is 0 Å². The molecule has 0 aromatic carbocycles. The van der Waals surface area contributed by atoms with E-state index >= 15 is 0 Å². The van der Waals surface area contributed by atoms with Crippen molar-refractivity contribution in [3.63, 3.8) is 0 Å². The highest BCUT2D eigenvalue weighted by Crippen LogP contribution is 2.38. The standard InChI is InChI=1S/C19H34O5/c1-22-18(21)9-5-3-2-4-8-15-11-12-17(16(15)14-20)24-19-10-6-7-13-23-19/h15-17,19-20H,2-14H2,1H3/t15-,16+,17+,19?/m0/s1. The third-order valence-electron chi connectivity index (χ3n) is 5.51. The Balaban J connectivity index is 1.61. The summed E-state index contributed by atoms with van der Waals surface area (Å²) in [5.41, 5.74) is 0. The fraction of sp³-hybridized carbons (Fsp3) is 0.947. The van der Waals surface area contributed by atoms with Crippen molar-refractivity contribution in [3.8, 4) is 0 Å². The highest BCUT2D eigenvalue weighted by molar-refractivity contribution is 5.68. The molecule has 0 bridgehead atoms. The quantitative estimate of drug-likeness (QED) is 0.487. The molecular formula is C19H34O5. The van der Waals surface area contributed by atoms with Crippen molar-refractivity contribution in [2.24, 2.45) is 11.8 Å². The number of carbonyl (C=O) groups excluding carboxylic acids is 1. The van der Waals surface area contributed by atoms with Gasteiger partial charge >= 0.3 is 5.97 Å². The number of ether oxygens (including phenoxy) is 3. The smallest absolute Gasteiger partial charge is 0.305 e. The lowest BCUT2D eigenvalue weighted by molar-refractivity contribution is -0.197. The molecule has 1 saturated heterocycles. The summed E-state index contributed by atoms with van der Waals surface area (Å²) < 4.78 is 16.5. The molecule has 2 fully saturated rings. The van der Waals surface area contributed by atoms with E-state index in [0.717, 1.165) is 64.4 Å². The molecule has 2 rings (SSSR count). The largest absolute Gasteiger partial charge is 0.469 e. The van der Waals surface area contributed by atoms with Gasteiger partial charge in [0, 0.05) is 25.6 Å². The summed E-state index contributed by atoms with van der Waals surface area (Å²) in [4.78, 5) is 11.1. The van der Waals surface area contributed by atoms with Gasteiger partial charge in [-0.15, -0.1) is 0 Å². The molecule has 0 spiro atoms. The molecule has 1 aliphatic carbocycles. The van der Waals surface area contributed by atoms with Crippen molar-refractivity contribution < 1.29 is 24.1 Å². The number of rotatable bonds is 10. The Hall–Kier alpha value is -0.650. The summed E-state index contributed by atoms with van der Waals surface area (Å²) in [5.74, 6) is 0.700. The number of aliphatic hydroxyl groups excluding tert-OH is 1. The number of hydrogen-bond donors (Lipinski definition) is 1. The van der Waals surface area contributed by atoms with E-state index in [2.05, 4.69) is 4.74 Å². The van der Waals surface area contributed by atoms with Crippen molar-refractivity contribution in [3.05, 3.63) is 0 Å². The number of unbranched alkanes of at least 4 members (excludes halogenated alkanes) is 3. The van der Waals surface area contributed by atoms with E-state index in [1.165, 1.54) is 13.5 Å². The lowest BCUT2D eigenvalue weighted by atomic mass is 9.90. The van der Waals surface area contributed by atoms with E-state index < -0.39 is 0 Å². The first-order valence-electron chi connectivity index (χ1n) is 9.69. The van der Waals surface area contributed by atoms with Gasteiger partial charge in [-0.2, -0.15) is 0 Å². The third-order valence-corrected chi connectivity index (χ3v) is 5.51. The minimum absolute atomic E-state index is 0.0603. The zero-order chi connectivity index (χ0) is 17.2. The number of methoxy groups -OCH3 is 1. The van der Waals surface area contributed by atoms with Crippen LogP contribution in [-0.2, 0) is 19.0 Å². The van der Waals surface area contributed by atoms with Gasteiger partial charge in [0.25, 0.3) is 0 Å². The maximum Gasteiger partial charge on any atom is 0.305 e. The molecule has 0 amide bonds. The molecule has 1 aliphatic heterocycles. The molecule has 1 heterocycles. The van der Waals surface area contributed by atoms with Gasteiger partial charge < -0.3 is 19.3 Å².